The SMILES string of the molecule is CCOc1ccc(C2OC2(C)C)[n+]([O-])c1. The standard InChI is InChI=1S/C11H15NO3/c1-4-14-8-5-6-9(12(13)7-8)10-11(2,3)15-10/h5-7,10H,4H2,1-3H3. The molecule has 1 fully saturated rings. The summed E-state index contributed by atoms with van der Waals surface area (Å²) in [5.74, 6) is 0.592. The van der Waals surface area contributed by atoms with Gasteiger partial charge in [0, 0.05) is 6.07 Å². The Labute approximate surface area is 89.0 Å². The van der Waals surface area contributed by atoms with E-state index >= 15 is 0 Å². The average molecular weight is 209 g/mol. The Bertz CT molecular complexity index is 376. The molecule has 0 bridgehead atoms. The summed E-state index contributed by atoms with van der Waals surface area (Å²) in [6.07, 6.45) is 1.35. The predicted molar refractivity (Wildman–Crippen MR) is 54.5 cm³/mol. The lowest BCUT2D eigenvalue weighted by molar-refractivity contribution is -0.615. The Hall–Kier alpha value is -1.29. The lowest BCUT2D eigenvalue weighted by Gasteiger charge is -2.05. The fraction of sp³-hybridized carbons (Fsp3) is 0.545. The minimum atomic E-state index is -0.209. The first-order valence-corrected chi connectivity index (χ1v) is 5.08. The molecule has 0 aromatic carbocycles. The molecular formula is C11H15NO3. The maximum absolute atomic E-state index is 11.6. The van der Waals surface area contributed by atoms with Gasteiger partial charge in [-0.25, -0.2) is 0 Å². The van der Waals surface area contributed by atoms with E-state index in [0.717, 1.165) is 4.73 Å². The summed E-state index contributed by atoms with van der Waals surface area (Å²) in [7, 11) is 0. The van der Waals surface area contributed by atoms with Crippen molar-refractivity contribution >= 4 is 0 Å². The Balaban J connectivity index is 2.21. The zero-order valence-electron chi connectivity index (χ0n) is 9.19. The molecule has 1 atom stereocenters. The van der Waals surface area contributed by atoms with E-state index in [0.29, 0.717) is 18.1 Å². The third-order valence-electron chi connectivity index (χ3n) is 2.49. The third-order valence-corrected chi connectivity index (χ3v) is 2.49. The molecule has 0 aliphatic carbocycles. The molecule has 1 aromatic heterocycles. The summed E-state index contributed by atoms with van der Waals surface area (Å²) >= 11 is 0. The van der Waals surface area contributed by atoms with E-state index < -0.39 is 0 Å². The number of pyridine rings is 1. The first-order chi connectivity index (χ1) is 7.04. The second-order valence-electron chi connectivity index (χ2n) is 4.15. The molecule has 4 nitrogen and oxygen atoms in total. The number of nitrogens with zero attached hydrogens (tertiary/aromatic N) is 1. The van der Waals surface area contributed by atoms with Crippen molar-refractivity contribution in [2.24, 2.45) is 0 Å². The Morgan fingerprint density at radius 3 is 2.67 bits per heavy atom. The van der Waals surface area contributed by atoms with Gasteiger partial charge in [0.05, 0.1) is 6.61 Å². The molecule has 0 N–H and O–H groups in total. The third kappa shape index (κ3) is 1.90. The Morgan fingerprint density at radius 1 is 1.53 bits per heavy atom. The van der Waals surface area contributed by atoms with Crippen LogP contribution in [-0.2, 0) is 4.74 Å². The molecule has 0 radical (unpaired) electrons. The van der Waals surface area contributed by atoms with Crippen LogP contribution in [0.5, 0.6) is 5.75 Å². The summed E-state index contributed by atoms with van der Waals surface area (Å²) in [4.78, 5) is 0. The monoisotopic (exact) mass is 209 g/mol. The summed E-state index contributed by atoms with van der Waals surface area (Å²) in [5, 5.41) is 11.6. The molecule has 1 unspecified atom stereocenters. The summed E-state index contributed by atoms with van der Waals surface area (Å²) in [6.45, 7) is 6.38. The molecule has 0 saturated carbocycles. The van der Waals surface area contributed by atoms with Gasteiger partial charge in [0.1, 0.15) is 5.60 Å². The molecule has 82 valence electrons. The van der Waals surface area contributed by atoms with Crippen molar-refractivity contribution in [3.8, 4) is 5.75 Å². The predicted octanol–water partition coefficient (Wildman–Crippen LogP) is 1.57. The van der Waals surface area contributed by atoms with Gasteiger partial charge in [-0.3, -0.25) is 0 Å². The highest BCUT2D eigenvalue weighted by molar-refractivity contribution is 5.20. The first-order valence-electron chi connectivity index (χ1n) is 5.08. The number of aromatic nitrogens is 1. The van der Waals surface area contributed by atoms with Crippen LogP contribution < -0.4 is 9.47 Å². The number of hydrogen-bond acceptors (Lipinski definition) is 3. The van der Waals surface area contributed by atoms with Gasteiger partial charge in [-0.2, -0.15) is 4.73 Å². The minimum Gasteiger partial charge on any atom is -0.618 e. The van der Waals surface area contributed by atoms with E-state index in [-0.39, 0.29) is 11.7 Å². The number of rotatable bonds is 3. The van der Waals surface area contributed by atoms with Crippen molar-refractivity contribution in [3.05, 3.63) is 29.2 Å². The van der Waals surface area contributed by atoms with E-state index in [1.54, 1.807) is 12.1 Å². The number of hydrogen-bond donors (Lipinski definition) is 0. The summed E-state index contributed by atoms with van der Waals surface area (Å²) in [5.41, 5.74) is 0.433. The van der Waals surface area contributed by atoms with Crippen LogP contribution in [0.1, 0.15) is 32.6 Å². The maximum atomic E-state index is 11.6. The number of epoxide rings is 1. The summed E-state index contributed by atoms with van der Waals surface area (Å²) in [6, 6.07) is 3.56. The first kappa shape index (κ1) is 10.2. The lowest BCUT2D eigenvalue weighted by atomic mass is 10.1. The highest BCUT2D eigenvalue weighted by Crippen LogP contribution is 2.47. The smallest absolute Gasteiger partial charge is 0.224 e. The minimum absolute atomic E-state index is 0.0920. The van der Waals surface area contributed by atoms with Crippen molar-refractivity contribution in [2.75, 3.05) is 6.61 Å². The molecular weight excluding hydrogens is 194 g/mol. The fourth-order valence-electron chi connectivity index (χ4n) is 1.62. The zero-order valence-corrected chi connectivity index (χ0v) is 9.19. The quantitative estimate of drug-likeness (QED) is 0.431. The van der Waals surface area contributed by atoms with E-state index in [4.69, 9.17) is 9.47 Å². The largest absolute Gasteiger partial charge is 0.618 e. The molecule has 2 heterocycles. The average Bonchev–Trinajstić information content (AvgIpc) is 2.75. The van der Waals surface area contributed by atoms with Gasteiger partial charge in [0.25, 0.3) is 0 Å². The Morgan fingerprint density at radius 2 is 2.20 bits per heavy atom. The highest BCUT2D eigenvalue weighted by atomic mass is 16.6. The molecule has 4 heteroatoms. The lowest BCUT2D eigenvalue weighted by Crippen LogP contribution is -2.32. The zero-order chi connectivity index (χ0) is 11.1. The van der Waals surface area contributed by atoms with Gasteiger partial charge in [-0.1, -0.05) is 0 Å². The molecule has 1 saturated heterocycles. The van der Waals surface area contributed by atoms with E-state index in [1.807, 2.05) is 20.8 Å². The second kappa shape index (κ2) is 3.38. The molecule has 0 amide bonds. The molecule has 1 aliphatic heterocycles. The van der Waals surface area contributed by atoms with Gasteiger partial charge in [0.2, 0.25) is 11.9 Å². The van der Waals surface area contributed by atoms with Crippen molar-refractivity contribution in [3.63, 3.8) is 0 Å². The van der Waals surface area contributed by atoms with Gasteiger partial charge < -0.3 is 14.7 Å². The highest BCUT2D eigenvalue weighted by Gasteiger charge is 2.53. The van der Waals surface area contributed by atoms with E-state index in [1.165, 1.54) is 6.20 Å². The van der Waals surface area contributed by atoms with Crippen LogP contribution in [0.4, 0.5) is 0 Å². The van der Waals surface area contributed by atoms with Crippen LogP contribution in [0.2, 0.25) is 0 Å². The van der Waals surface area contributed by atoms with Crippen molar-refractivity contribution < 1.29 is 14.2 Å². The van der Waals surface area contributed by atoms with Crippen LogP contribution in [0.25, 0.3) is 0 Å². The van der Waals surface area contributed by atoms with Gasteiger partial charge in [-0.05, 0) is 26.8 Å². The molecule has 1 aliphatic rings. The van der Waals surface area contributed by atoms with E-state index in [2.05, 4.69) is 0 Å². The molecule has 0 spiro atoms. The van der Waals surface area contributed by atoms with Gasteiger partial charge in [-0.15, -0.1) is 0 Å². The molecule has 1 aromatic rings. The molecule has 15 heavy (non-hydrogen) atoms. The Kier molecular flexibility index (Phi) is 2.31. The maximum Gasteiger partial charge on any atom is 0.224 e. The fourth-order valence-corrected chi connectivity index (χ4v) is 1.62. The van der Waals surface area contributed by atoms with Crippen molar-refractivity contribution in [1.29, 1.82) is 0 Å². The van der Waals surface area contributed by atoms with Gasteiger partial charge >= 0.3 is 0 Å². The van der Waals surface area contributed by atoms with Crippen molar-refractivity contribution in [1.82, 2.24) is 0 Å². The van der Waals surface area contributed by atoms with Crippen molar-refractivity contribution in [2.45, 2.75) is 32.5 Å². The topological polar surface area (TPSA) is 48.7 Å². The van der Waals surface area contributed by atoms with E-state index in [9.17, 15) is 5.21 Å². The van der Waals surface area contributed by atoms with Crippen LogP contribution in [0.3, 0.4) is 0 Å². The van der Waals surface area contributed by atoms with Crippen LogP contribution in [0.15, 0.2) is 18.3 Å². The van der Waals surface area contributed by atoms with Crippen LogP contribution >= 0.6 is 0 Å². The molecule has 2 rings (SSSR count). The van der Waals surface area contributed by atoms with Crippen LogP contribution in [-0.4, -0.2) is 12.2 Å². The van der Waals surface area contributed by atoms with Gasteiger partial charge in [0.15, 0.2) is 11.9 Å². The van der Waals surface area contributed by atoms with Crippen LogP contribution in [0, 0.1) is 5.21 Å². The normalized spacial score (nSPS) is 22.5. The number of ether oxygens (including phenoxy) is 2. The second-order valence-corrected chi connectivity index (χ2v) is 4.15. The summed E-state index contributed by atoms with van der Waals surface area (Å²) < 4.78 is 11.5.